The average molecular weight is 371 g/mol. The van der Waals surface area contributed by atoms with Gasteiger partial charge in [-0.2, -0.15) is 0 Å². The van der Waals surface area contributed by atoms with Crippen molar-refractivity contribution < 1.29 is 4.74 Å². The largest absolute Gasteiger partial charge is 0.376 e. The van der Waals surface area contributed by atoms with Crippen LogP contribution in [0.15, 0.2) is 35.5 Å². The van der Waals surface area contributed by atoms with Gasteiger partial charge in [0.15, 0.2) is 0 Å². The summed E-state index contributed by atoms with van der Waals surface area (Å²) in [4.78, 5) is 0. The summed E-state index contributed by atoms with van der Waals surface area (Å²) in [6.07, 6.45) is 17.1. The first kappa shape index (κ1) is 20.9. The van der Waals surface area contributed by atoms with Crippen LogP contribution < -0.4 is 0 Å². The maximum Gasteiger partial charge on any atom is 0.0713 e. The lowest BCUT2D eigenvalue weighted by molar-refractivity contribution is 0.0928. The number of fused-ring (bicyclic) bond motifs is 1. The molecule has 0 N–H and O–H groups in total. The molecule has 1 saturated heterocycles. The summed E-state index contributed by atoms with van der Waals surface area (Å²) in [6.45, 7) is 15.6. The van der Waals surface area contributed by atoms with Crippen LogP contribution >= 0.6 is 0 Å². The second-order valence-electron chi connectivity index (χ2n) is 10.2. The summed E-state index contributed by atoms with van der Waals surface area (Å²) in [5.41, 5.74) is 4.86. The van der Waals surface area contributed by atoms with Crippen LogP contribution in [0.3, 0.4) is 0 Å². The van der Waals surface area contributed by atoms with E-state index in [4.69, 9.17) is 4.74 Å². The Hall–Kier alpha value is -0.820. The van der Waals surface area contributed by atoms with Gasteiger partial charge in [-0.25, -0.2) is 0 Å². The zero-order valence-electron chi connectivity index (χ0n) is 18.4. The molecule has 152 valence electrons. The molecule has 0 amide bonds. The van der Waals surface area contributed by atoms with Gasteiger partial charge in [-0.3, -0.25) is 0 Å². The van der Waals surface area contributed by atoms with Crippen LogP contribution in [-0.2, 0) is 4.74 Å². The molecule has 0 aromatic rings. The van der Waals surface area contributed by atoms with E-state index in [9.17, 15) is 0 Å². The predicted molar refractivity (Wildman–Crippen MR) is 117 cm³/mol. The minimum absolute atomic E-state index is 0.534. The molecule has 0 radical (unpaired) electrons. The maximum absolute atomic E-state index is 5.52. The van der Waals surface area contributed by atoms with E-state index in [2.05, 4.69) is 46.4 Å². The Morgan fingerprint density at radius 2 is 1.96 bits per heavy atom. The highest BCUT2D eigenvalue weighted by atomic mass is 16.5. The first-order valence-electron chi connectivity index (χ1n) is 11.6. The number of rotatable bonds is 6. The van der Waals surface area contributed by atoms with Crippen molar-refractivity contribution in [2.75, 3.05) is 13.2 Å². The molecule has 0 aromatic carbocycles. The number of allylic oxidation sites excluding steroid dienone is 3. The zero-order chi connectivity index (χ0) is 19.4. The van der Waals surface area contributed by atoms with E-state index in [0.29, 0.717) is 12.0 Å². The fraction of sp³-hybridized carbons (Fsp3) is 0.769. The van der Waals surface area contributed by atoms with Gasteiger partial charge in [-0.1, -0.05) is 71.3 Å². The van der Waals surface area contributed by atoms with E-state index in [0.717, 1.165) is 36.7 Å². The third-order valence-corrected chi connectivity index (χ3v) is 7.91. The number of hydrogen-bond acceptors (Lipinski definition) is 1. The van der Waals surface area contributed by atoms with Gasteiger partial charge in [0, 0.05) is 0 Å². The van der Waals surface area contributed by atoms with Crippen molar-refractivity contribution in [3.05, 3.63) is 35.5 Å². The lowest BCUT2D eigenvalue weighted by Crippen LogP contribution is -2.36. The minimum Gasteiger partial charge on any atom is -0.376 e. The normalized spacial score (nSPS) is 35.8. The Balaban J connectivity index is 1.69. The molecule has 4 atom stereocenters. The second-order valence-corrected chi connectivity index (χ2v) is 10.2. The first-order chi connectivity index (χ1) is 12.9. The fourth-order valence-electron chi connectivity index (χ4n) is 6.32. The van der Waals surface area contributed by atoms with Gasteiger partial charge in [0.2, 0.25) is 0 Å². The monoisotopic (exact) mass is 370 g/mol. The van der Waals surface area contributed by atoms with Crippen molar-refractivity contribution in [1.82, 2.24) is 0 Å². The highest BCUT2D eigenvalue weighted by molar-refractivity contribution is 5.35. The lowest BCUT2D eigenvalue weighted by atomic mass is 9.60. The fourth-order valence-corrected chi connectivity index (χ4v) is 6.32. The third-order valence-electron chi connectivity index (χ3n) is 7.91. The van der Waals surface area contributed by atoms with Crippen molar-refractivity contribution in [3.63, 3.8) is 0 Å². The molecule has 0 spiro atoms. The summed E-state index contributed by atoms with van der Waals surface area (Å²) in [5.74, 6) is 3.46. The molecule has 0 bridgehead atoms. The molecule has 2 aliphatic carbocycles. The van der Waals surface area contributed by atoms with Crippen LogP contribution in [0.2, 0.25) is 0 Å². The molecular weight excluding hydrogens is 328 g/mol. The van der Waals surface area contributed by atoms with E-state index < -0.39 is 0 Å². The molecule has 1 heterocycles. The number of ether oxygens (including phenoxy) is 1. The van der Waals surface area contributed by atoms with E-state index in [1.807, 2.05) is 0 Å². The van der Waals surface area contributed by atoms with Gasteiger partial charge in [-0.15, -0.1) is 0 Å². The standard InChI is InChI=1S/C26H42O/c1-19(2)8-6-9-20(3)24-13-14-25-23(10-7-16-26(24,25)5)12-11-22-15-17-27-18-21(22)4/h11-12,19-20,24-25H,4,6-10,13-18H2,1-3,5H3/b22-11-,23-12+/t20-,24-,25+,26-/m1/s1. The minimum atomic E-state index is 0.534. The van der Waals surface area contributed by atoms with Crippen LogP contribution in [0.4, 0.5) is 0 Å². The van der Waals surface area contributed by atoms with Gasteiger partial charge >= 0.3 is 0 Å². The molecule has 27 heavy (non-hydrogen) atoms. The summed E-state index contributed by atoms with van der Waals surface area (Å²) in [6, 6.07) is 0. The van der Waals surface area contributed by atoms with Crippen LogP contribution in [0.5, 0.6) is 0 Å². The SMILES string of the molecule is C=C1COCC/C1=C/C=C1\CCC[C@]2(C)[C@@H]([C@H](C)CCCC(C)C)CC[C@@H]12. The van der Waals surface area contributed by atoms with Crippen LogP contribution in [0, 0.1) is 29.1 Å². The van der Waals surface area contributed by atoms with E-state index in [1.54, 1.807) is 5.57 Å². The van der Waals surface area contributed by atoms with Gasteiger partial charge in [0.1, 0.15) is 0 Å². The Labute approximate surface area is 168 Å². The molecular formula is C26H42O. The summed E-state index contributed by atoms with van der Waals surface area (Å²) >= 11 is 0. The van der Waals surface area contributed by atoms with Crippen molar-refractivity contribution >= 4 is 0 Å². The van der Waals surface area contributed by atoms with Crippen LogP contribution in [-0.4, -0.2) is 13.2 Å². The van der Waals surface area contributed by atoms with E-state index in [1.165, 1.54) is 62.5 Å². The highest BCUT2D eigenvalue weighted by Gasteiger charge is 2.50. The molecule has 3 rings (SSSR count). The smallest absolute Gasteiger partial charge is 0.0713 e. The molecule has 0 aromatic heterocycles. The molecule has 1 heteroatoms. The van der Waals surface area contributed by atoms with E-state index in [-0.39, 0.29) is 0 Å². The van der Waals surface area contributed by atoms with Crippen LogP contribution in [0.25, 0.3) is 0 Å². The van der Waals surface area contributed by atoms with Crippen molar-refractivity contribution in [3.8, 4) is 0 Å². The quantitative estimate of drug-likeness (QED) is 0.470. The van der Waals surface area contributed by atoms with Crippen molar-refractivity contribution in [2.45, 2.75) is 85.5 Å². The molecule has 3 fully saturated rings. The Morgan fingerprint density at radius 3 is 2.70 bits per heavy atom. The van der Waals surface area contributed by atoms with Crippen LogP contribution in [0.1, 0.15) is 85.5 Å². The lowest BCUT2D eigenvalue weighted by Gasteiger charge is -2.44. The Morgan fingerprint density at radius 1 is 1.15 bits per heavy atom. The Bertz CT molecular complexity index is 581. The Kier molecular flexibility index (Phi) is 7.06. The molecule has 1 aliphatic heterocycles. The zero-order valence-corrected chi connectivity index (χ0v) is 18.4. The first-order valence-corrected chi connectivity index (χ1v) is 11.6. The number of hydrogen-bond donors (Lipinski definition) is 0. The maximum atomic E-state index is 5.52. The third kappa shape index (κ3) is 4.78. The highest BCUT2D eigenvalue weighted by Crippen LogP contribution is 2.59. The van der Waals surface area contributed by atoms with Gasteiger partial charge < -0.3 is 4.74 Å². The second kappa shape index (κ2) is 9.12. The molecule has 2 saturated carbocycles. The topological polar surface area (TPSA) is 9.23 Å². The van der Waals surface area contributed by atoms with Crippen molar-refractivity contribution in [1.29, 1.82) is 0 Å². The summed E-state index contributed by atoms with van der Waals surface area (Å²) < 4.78 is 5.52. The molecule has 3 aliphatic rings. The average Bonchev–Trinajstić information content (AvgIpc) is 2.98. The van der Waals surface area contributed by atoms with E-state index >= 15 is 0 Å². The predicted octanol–water partition coefficient (Wildman–Crippen LogP) is 7.49. The van der Waals surface area contributed by atoms with Gasteiger partial charge in [0.25, 0.3) is 0 Å². The van der Waals surface area contributed by atoms with Gasteiger partial charge in [-0.05, 0) is 78.8 Å². The van der Waals surface area contributed by atoms with Gasteiger partial charge in [0.05, 0.1) is 13.2 Å². The molecule has 0 unspecified atom stereocenters. The molecule has 1 nitrogen and oxygen atoms in total. The van der Waals surface area contributed by atoms with Crippen molar-refractivity contribution in [2.24, 2.45) is 29.1 Å². The summed E-state index contributed by atoms with van der Waals surface area (Å²) in [7, 11) is 0. The summed E-state index contributed by atoms with van der Waals surface area (Å²) in [5, 5.41) is 0.